The Morgan fingerprint density at radius 1 is 1.28 bits per heavy atom. The van der Waals surface area contributed by atoms with Crippen LogP contribution in [-0.4, -0.2) is 53.3 Å². The molecular formula is C22H30FN5O4. The van der Waals surface area contributed by atoms with E-state index >= 15 is 0 Å². The van der Waals surface area contributed by atoms with Gasteiger partial charge < -0.3 is 21.1 Å². The Labute approximate surface area is 185 Å². The Balaban J connectivity index is 1.88. The molecule has 1 fully saturated rings. The Hall–Kier alpha value is -3.01. The Kier molecular flexibility index (Phi) is 7.12. The van der Waals surface area contributed by atoms with Crippen molar-refractivity contribution in [1.82, 2.24) is 20.4 Å². The Morgan fingerprint density at radius 3 is 2.59 bits per heavy atom. The van der Waals surface area contributed by atoms with Gasteiger partial charge in [0.1, 0.15) is 11.9 Å². The van der Waals surface area contributed by atoms with Gasteiger partial charge in [0.25, 0.3) is 5.91 Å². The standard InChI is InChI=1S/C22H30FN5O4/c1-22(2,3)19(21(31)25-11-17(24)29)26-20(30)18-15-5-4-14(23)10-16(15)28(27-18)12-13-6-8-32-9-7-13/h4-5,10,13,19H,6-9,11-12H2,1-3H3,(H2,24,29)(H,25,31)(H,26,30)/t19-/m1/s1. The third-order valence-electron chi connectivity index (χ3n) is 5.54. The van der Waals surface area contributed by atoms with Crippen LogP contribution in [0.5, 0.6) is 0 Å². The molecule has 1 saturated heterocycles. The van der Waals surface area contributed by atoms with Gasteiger partial charge in [-0.1, -0.05) is 20.8 Å². The number of rotatable bonds is 7. The number of primary amides is 1. The average molecular weight is 448 g/mol. The SMILES string of the molecule is CC(C)(C)[C@H](NC(=O)c1nn(CC2CCOCC2)c2cc(F)ccc12)C(=O)NCC(N)=O. The van der Waals surface area contributed by atoms with Crippen molar-refractivity contribution in [1.29, 1.82) is 0 Å². The van der Waals surface area contributed by atoms with Crippen molar-refractivity contribution in [2.24, 2.45) is 17.1 Å². The second-order valence-electron chi connectivity index (χ2n) is 9.20. The second kappa shape index (κ2) is 9.64. The number of nitrogens with zero attached hydrogens (tertiary/aromatic N) is 2. The van der Waals surface area contributed by atoms with Gasteiger partial charge in [-0.15, -0.1) is 0 Å². The molecule has 0 bridgehead atoms. The molecule has 1 aromatic heterocycles. The number of nitrogens with one attached hydrogen (secondary N) is 2. The zero-order valence-corrected chi connectivity index (χ0v) is 18.6. The predicted molar refractivity (Wildman–Crippen MR) is 116 cm³/mol. The summed E-state index contributed by atoms with van der Waals surface area (Å²) in [5.74, 6) is -1.87. The normalized spacial score (nSPS) is 16.0. The summed E-state index contributed by atoms with van der Waals surface area (Å²) in [5.41, 5.74) is 5.09. The van der Waals surface area contributed by atoms with Gasteiger partial charge in [-0.05, 0) is 42.4 Å². The van der Waals surface area contributed by atoms with Crippen molar-refractivity contribution in [3.63, 3.8) is 0 Å². The van der Waals surface area contributed by atoms with Crippen molar-refractivity contribution < 1.29 is 23.5 Å². The molecule has 1 aliphatic heterocycles. The molecule has 0 spiro atoms. The second-order valence-corrected chi connectivity index (χ2v) is 9.20. The summed E-state index contributed by atoms with van der Waals surface area (Å²) in [6.45, 7) is 6.91. The molecule has 9 nitrogen and oxygen atoms in total. The highest BCUT2D eigenvalue weighted by Gasteiger charge is 2.34. The maximum atomic E-state index is 14.0. The number of halogens is 1. The van der Waals surface area contributed by atoms with E-state index < -0.39 is 35.0 Å². The minimum Gasteiger partial charge on any atom is -0.381 e. The zero-order chi connectivity index (χ0) is 23.5. The first-order valence-corrected chi connectivity index (χ1v) is 10.7. The lowest BCUT2D eigenvalue weighted by Gasteiger charge is -2.30. The summed E-state index contributed by atoms with van der Waals surface area (Å²) in [5, 5.41) is 10.1. The maximum absolute atomic E-state index is 14.0. The molecular weight excluding hydrogens is 417 g/mol. The van der Waals surface area contributed by atoms with E-state index in [4.69, 9.17) is 10.5 Å². The summed E-state index contributed by atoms with van der Waals surface area (Å²) in [7, 11) is 0. The summed E-state index contributed by atoms with van der Waals surface area (Å²) in [6.07, 6.45) is 1.73. The lowest BCUT2D eigenvalue weighted by molar-refractivity contribution is -0.128. The van der Waals surface area contributed by atoms with E-state index in [9.17, 15) is 18.8 Å². The molecule has 0 aliphatic carbocycles. The number of fused-ring (bicyclic) bond motifs is 1. The highest BCUT2D eigenvalue weighted by Crippen LogP contribution is 2.25. The number of carbonyl (C=O) groups is 3. The summed E-state index contributed by atoms with van der Waals surface area (Å²) >= 11 is 0. The molecule has 4 N–H and O–H groups in total. The molecule has 3 amide bonds. The molecule has 0 saturated carbocycles. The van der Waals surface area contributed by atoms with Gasteiger partial charge in [0.2, 0.25) is 11.8 Å². The fourth-order valence-electron chi connectivity index (χ4n) is 3.78. The fourth-order valence-corrected chi connectivity index (χ4v) is 3.78. The van der Waals surface area contributed by atoms with Crippen LogP contribution in [0, 0.1) is 17.2 Å². The van der Waals surface area contributed by atoms with Gasteiger partial charge in [-0.2, -0.15) is 5.10 Å². The molecule has 1 aromatic carbocycles. The van der Waals surface area contributed by atoms with Crippen molar-refractivity contribution in [3.05, 3.63) is 29.7 Å². The van der Waals surface area contributed by atoms with E-state index in [2.05, 4.69) is 15.7 Å². The van der Waals surface area contributed by atoms with Gasteiger partial charge >= 0.3 is 0 Å². The molecule has 2 heterocycles. The number of ether oxygens (including phenoxy) is 1. The number of hydrogen-bond donors (Lipinski definition) is 3. The molecule has 3 rings (SSSR count). The fraction of sp³-hybridized carbons (Fsp3) is 0.545. The molecule has 10 heteroatoms. The lowest BCUT2D eigenvalue weighted by atomic mass is 9.86. The first-order chi connectivity index (χ1) is 15.1. The van der Waals surface area contributed by atoms with E-state index in [1.807, 2.05) is 0 Å². The highest BCUT2D eigenvalue weighted by atomic mass is 19.1. The number of benzene rings is 1. The minimum atomic E-state index is -0.939. The predicted octanol–water partition coefficient (Wildman–Crippen LogP) is 1.35. The van der Waals surface area contributed by atoms with Crippen LogP contribution in [0.3, 0.4) is 0 Å². The number of amides is 3. The Bertz CT molecular complexity index is 1010. The summed E-state index contributed by atoms with van der Waals surface area (Å²) < 4.78 is 21.0. The van der Waals surface area contributed by atoms with Crippen LogP contribution in [0.25, 0.3) is 10.9 Å². The third kappa shape index (κ3) is 5.61. The van der Waals surface area contributed by atoms with Crippen LogP contribution in [0.2, 0.25) is 0 Å². The topological polar surface area (TPSA) is 128 Å². The monoisotopic (exact) mass is 447 g/mol. The summed E-state index contributed by atoms with van der Waals surface area (Å²) in [6, 6.07) is 3.22. The van der Waals surface area contributed by atoms with Crippen LogP contribution in [0.4, 0.5) is 4.39 Å². The number of carbonyl (C=O) groups excluding carboxylic acids is 3. The molecule has 1 aliphatic rings. The van der Waals surface area contributed by atoms with Crippen molar-refractivity contribution in [3.8, 4) is 0 Å². The van der Waals surface area contributed by atoms with Crippen LogP contribution in [0.15, 0.2) is 18.2 Å². The molecule has 0 radical (unpaired) electrons. The van der Waals surface area contributed by atoms with Crippen molar-refractivity contribution in [2.45, 2.75) is 46.2 Å². The number of hydrogen-bond acceptors (Lipinski definition) is 5. The van der Waals surface area contributed by atoms with E-state index in [0.717, 1.165) is 12.8 Å². The largest absolute Gasteiger partial charge is 0.381 e. The van der Waals surface area contributed by atoms with Crippen LogP contribution >= 0.6 is 0 Å². The van der Waals surface area contributed by atoms with E-state index in [-0.39, 0.29) is 12.2 Å². The number of nitrogens with two attached hydrogens (primary N) is 1. The Morgan fingerprint density at radius 2 is 1.97 bits per heavy atom. The minimum absolute atomic E-state index is 0.115. The van der Waals surface area contributed by atoms with Gasteiger partial charge in [-0.25, -0.2) is 4.39 Å². The first-order valence-electron chi connectivity index (χ1n) is 10.7. The summed E-state index contributed by atoms with van der Waals surface area (Å²) in [4.78, 5) is 36.8. The van der Waals surface area contributed by atoms with E-state index in [1.54, 1.807) is 25.5 Å². The smallest absolute Gasteiger partial charge is 0.273 e. The van der Waals surface area contributed by atoms with Crippen LogP contribution < -0.4 is 16.4 Å². The number of aromatic nitrogens is 2. The highest BCUT2D eigenvalue weighted by molar-refractivity contribution is 6.06. The molecule has 32 heavy (non-hydrogen) atoms. The molecule has 1 atom stereocenters. The zero-order valence-electron chi connectivity index (χ0n) is 18.6. The molecule has 0 unspecified atom stereocenters. The first kappa shape index (κ1) is 23.6. The molecule has 2 aromatic rings. The van der Waals surface area contributed by atoms with Gasteiger partial charge in [-0.3, -0.25) is 19.1 Å². The van der Waals surface area contributed by atoms with Gasteiger partial charge in [0.05, 0.1) is 12.1 Å². The quantitative estimate of drug-likeness (QED) is 0.590. The van der Waals surface area contributed by atoms with E-state index in [1.165, 1.54) is 18.2 Å². The van der Waals surface area contributed by atoms with Gasteiger partial charge in [0, 0.05) is 25.1 Å². The van der Waals surface area contributed by atoms with Crippen molar-refractivity contribution in [2.75, 3.05) is 19.8 Å². The third-order valence-corrected chi connectivity index (χ3v) is 5.54. The average Bonchev–Trinajstić information content (AvgIpc) is 3.07. The molecule has 174 valence electrons. The maximum Gasteiger partial charge on any atom is 0.273 e. The van der Waals surface area contributed by atoms with E-state index in [0.29, 0.717) is 36.6 Å². The van der Waals surface area contributed by atoms with Crippen LogP contribution in [0.1, 0.15) is 44.1 Å². The lowest BCUT2D eigenvalue weighted by Crippen LogP contribution is -2.54. The van der Waals surface area contributed by atoms with Crippen LogP contribution in [-0.2, 0) is 20.9 Å². The van der Waals surface area contributed by atoms with Gasteiger partial charge in [0.15, 0.2) is 5.69 Å². The van der Waals surface area contributed by atoms with Crippen molar-refractivity contribution >= 4 is 28.6 Å².